The summed E-state index contributed by atoms with van der Waals surface area (Å²) in [5.41, 5.74) is 1.02. The van der Waals surface area contributed by atoms with Gasteiger partial charge in [0.05, 0.1) is 0 Å². The summed E-state index contributed by atoms with van der Waals surface area (Å²) >= 11 is 9.05. The highest BCUT2D eigenvalue weighted by molar-refractivity contribution is 9.09. The molecule has 2 nitrogen and oxygen atoms in total. The first-order valence-corrected chi connectivity index (χ1v) is 4.27. The Kier molecular flexibility index (Phi) is 1.51. The van der Waals surface area contributed by atoms with E-state index in [1.807, 2.05) is 24.3 Å². The third-order valence-corrected chi connectivity index (χ3v) is 2.51. The van der Waals surface area contributed by atoms with Gasteiger partial charge in [-0.05, 0) is 28.1 Å². The Balaban J connectivity index is 2.34. The van der Waals surface area contributed by atoms with Crippen LogP contribution in [0.5, 0.6) is 0 Å². The Morgan fingerprint density at radius 2 is 1.73 bits per heavy atom. The fourth-order valence-corrected chi connectivity index (χ4v) is 1.29. The van der Waals surface area contributed by atoms with E-state index in [9.17, 15) is 0 Å². The molecule has 0 spiro atoms. The van der Waals surface area contributed by atoms with Crippen LogP contribution in [0, 0.1) is 0 Å². The summed E-state index contributed by atoms with van der Waals surface area (Å²) in [6, 6.07) is 7.45. The average Bonchev–Trinajstić information content (AvgIpc) is 2.70. The van der Waals surface area contributed by atoms with Gasteiger partial charge in [0.1, 0.15) is 0 Å². The smallest absolute Gasteiger partial charge is 0.140 e. The zero-order valence-corrected chi connectivity index (χ0v) is 7.80. The minimum atomic E-state index is -0.461. The molecule has 0 bridgehead atoms. The van der Waals surface area contributed by atoms with E-state index in [2.05, 4.69) is 26.2 Å². The highest BCUT2D eigenvalue weighted by Crippen LogP contribution is 2.45. The molecule has 0 fully saturated rings. The molecule has 1 aliphatic rings. The molecular formula is C7H4BrClN2. The predicted octanol–water partition coefficient (Wildman–Crippen LogP) is 3.31. The molecule has 0 N–H and O–H groups in total. The first-order chi connectivity index (χ1) is 5.21. The lowest BCUT2D eigenvalue weighted by Crippen LogP contribution is -1.95. The zero-order chi connectivity index (χ0) is 7.90. The number of nitrogens with zero attached hydrogens (tertiary/aromatic N) is 2. The summed E-state index contributed by atoms with van der Waals surface area (Å²) < 4.78 is -0.461. The third kappa shape index (κ3) is 1.30. The molecule has 0 atom stereocenters. The van der Waals surface area contributed by atoms with Gasteiger partial charge in [-0.2, -0.15) is 0 Å². The fourth-order valence-electron chi connectivity index (χ4n) is 0.821. The first-order valence-electron chi connectivity index (χ1n) is 3.10. The van der Waals surface area contributed by atoms with Crippen molar-refractivity contribution >= 4 is 27.5 Å². The van der Waals surface area contributed by atoms with Crippen LogP contribution in [0.1, 0.15) is 5.56 Å². The second-order valence-corrected chi connectivity index (χ2v) is 3.84. The van der Waals surface area contributed by atoms with Crippen LogP contribution in [0.4, 0.5) is 0 Å². The number of halogens is 2. The molecule has 2 rings (SSSR count). The van der Waals surface area contributed by atoms with Gasteiger partial charge in [0.2, 0.25) is 0 Å². The summed E-state index contributed by atoms with van der Waals surface area (Å²) in [5.74, 6) is 0. The van der Waals surface area contributed by atoms with Crippen LogP contribution < -0.4 is 0 Å². The lowest BCUT2D eigenvalue weighted by atomic mass is 10.2. The zero-order valence-electron chi connectivity index (χ0n) is 5.46. The molecule has 0 radical (unpaired) electrons. The van der Waals surface area contributed by atoms with Gasteiger partial charge in [-0.25, -0.2) is 0 Å². The number of hydrogen-bond acceptors (Lipinski definition) is 2. The van der Waals surface area contributed by atoms with Crippen LogP contribution in [0.25, 0.3) is 0 Å². The van der Waals surface area contributed by atoms with Crippen LogP contribution >= 0.6 is 27.5 Å². The molecule has 1 aromatic carbocycles. The maximum Gasteiger partial charge on any atom is 0.269 e. The quantitative estimate of drug-likeness (QED) is 0.523. The van der Waals surface area contributed by atoms with E-state index in [1.165, 1.54) is 0 Å². The van der Waals surface area contributed by atoms with Gasteiger partial charge in [-0.1, -0.05) is 23.7 Å². The maximum absolute atomic E-state index is 5.71. The van der Waals surface area contributed by atoms with Gasteiger partial charge in [-0.15, -0.1) is 10.2 Å². The van der Waals surface area contributed by atoms with Crippen molar-refractivity contribution in [3.05, 3.63) is 34.9 Å². The van der Waals surface area contributed by atoms with Crippen molar-refractivity contribution in [1.29, 1.82) is 0 Å². The summed E-state index contributed by atoms with van der Waals surface area (Å²) in [5, 5.41) is 8.39. The van der Waals surface area contributed by atoms with Gasteiger partial charge >= 0.3 is 0 Å². The summed E-state index contributed by atoms with van der Waals surface area (Å²) in [6.45, 7) is 0. The molecule has 1 aliphatic heterocycles. The molecule has 0 unspecified atom stereocenters. The van der Waals surface area contributed by atoms with E-state index in [1.54, 1.807) is 0 Å². The van der Waals surface area contributed by atoms with Crippen LogP contribution in [0.15, 0.2) is 34.5 Å². The monoisotopic (exact) mass is 230 g/mol. The minimum absolute atomic E-state index is 0.461. The summed E-state index contributed by atoms with van der Waals surface area (Å²) in [4.78, 5) is 0. The van der Waals surface area contributed by atoms with E-state index >= 15 is 0 Å². The van der Waals surface area contributed by atoms with E-state index in [0.717, 1.165) is 10.6 Å². The molecule has 1 aromatic rings. The lowest BCUT2D eigenvalue weighted by molar-refractivity contribution is 0.984. The van der Waals surface area contributed by atoms with Crippen molar-refractivity contribution in [2.45, 2.75) is 4.57 Å². The third-order valence-electron chi connectivity index (χ3n) is 1.49. The van der Waals surface area contributed by atoms with Crippen LogP contribution in [0.3, 0.4) is 0 Å². The molecular weight excluding hydrogens is 227 g/mol. The normalized spacial score (nSPS) is 18.4. The predicted molar refractivity (Wildman–Crippen MR) is 46.9 cm³/mol. The Hall–Kier alpha value is -0.410. The van der Waals surface area contributed by atoms with E-state index < -0.39 is 4.57 Å². The van der Waals surface area contributed by atoms with Crippen molar-refractivity contribution in [3.63, 3.8) is 0 Å². The van der Waals surface area contributed by atoms with Crippen molar-refractivity contribution < 1.29 is 0 Å². The number of benzene rings is 1. The molecule has 0 saturated carbocycles. The molecule has 0 aromatic heterocycles. The Labute approximate surface area is 77.4 Å². The van der Waals surface area contributed by atoms with Crippen LogP contribution in [0.2, 0.25) is 5.02 Å². The molecule has 4 heteroatoms. The van der Waals surface area contributed by atoms with E-state index in [4.69, 9.17) is 11.6 Å². The van der Waals surface area contributed by atoms with E-state index in [0.29, 0.717) is 0 Å². The van der Waals surface area contributed by atoms with Crippen molar-refractivity contribution in [2.75, 3.05) is 0 Å². The second-order valence-electron chi connectivity index (χ2n) is 2.29. The SMILES string of the molecule is Clc1ccc(C2(Br)N=N2)cc1. The van der Waals surface area contributed by atoms with Crippen molar-refractivity contribution in [3.8, 4) is 0 Å². The topological polar surface area (TPSA) is 24.7 Å². The number of rotatable bonds is 1. The molecule has 11 heavy (non-hydrogen) atoms. The van der Waals surface area contributed by atoms with Crippen LogP contribution in [-0.2, 0) is 4.57 Å². The maximum atomic E-state index is 5.71. The Bertz CT molecular complexity index is 301. The average molecular weight is 231 g/mol. The van der Waals surface area contributed by atoms with Gasteiger partial charge in [0.15, 0.2) is 0 Å². The Morgan fingerprint density at radius 1 is 1.18 bits per heavy atom. The first kappa shape index (κ1) is 7.25. The van der Waals surface area contributed by atoms with E-state index in [-0.39, 0.29) is 0 Å². The largest absolute Gasteiger partial charge is 0.269 e. The van der Waals surface area contributed by atoms with Crippen molar-refractivity contribution in [1.82, 2.24) is 0 Å². The van der Waals surface area contributed by atoms with Gasteiger partial charge < -0.3 is 0 Å². The van der Waals surface area contributed by atoms with Crippen molar-refractivity contribution in [2.24, 2.45) is 10.2 Å². The molecule has 0 saturated heterocycles. The molecule has 0 amide bonds. The molecule has 56 valence electrons. The van der Waals surface area contributed by atoms with Gasteiger partial charge in [0.25, 0.3) is 4.57 Å². The highest BCUT2D eigenvalue weighted by atomic mass is 79.9. The van der Waals surface area contributed by atoms with Gasteiger partial charge in [0, 0.05) is 10.6 Å². The summed E-state index contributed by atoms with van der Waals surface area (Å²) in [6.07, 6.45) is 0. The van der Waals surface area contributed by atoms with Gasteiger partial charge in [-0.3, -0.25) is 0 Å². The standard InChI is InChI=1S/C7H4BrClN2/c8-7(10-11-7)5-1-3-6(9)4-2-5/h1-4H. The highest BCUT2D eigenvalue weighted by Gasteiger charge is 2.38. The van der Waals surface area contributed by atoms with Crippen LogP contribution in [-0.4, -0.2) is 0 Å². The summed E-state index contributed by atoms with van der Waals surface area (Å²) in [7, 11) is 0. The molecule has 1 heterocycles. The number of hydrogen-bond donors (Lipinski definition) is 0. The molecule has 0 aliphatic carbocycles. The minimum Gasteiger partial charge on any atom is -0.140 e. The Morgan fingerprint density at radius 3 is 2.18 bits per heavy atom. The second kappa shape index (κ2) is 2.29. The lowest BCUT2D eigenvalue weighted by Gasteiger charge is -2.00. The number of alkyl halides is 1. The fraction of sp³-hybridized carbons (Fsp3) is 0.143.